The van der Waals surface area contributed by atoms with Gasteiger partial charge in [0, 0.05) is 32.5 Å². The van der Waals surface area contributed by atoms with E-state index in [2.05, 4.69) is 5.43 Å². The van der Waals surface area contributed by atoms with Crippen LogP contribution in [0.15, 0.2) is 35.5 Å². The number of nitrogens with one attached hydrogen (secondary N) is 1. The highest BCUT2D eigenvalue weighted by Crippen LogP contribution is 2.35. The van der Waals surface area contributed by atoms with Crippen molar-refractivity contribution in [3.8, 4) is 0 Å². The lowest BCUT2D eigenvalue weighted by Crippen LogP contribution is -2.54. The van der Waals surface area contributed by atoms with E-state index in [4.69, 9.17) is 11.6 Å². The van der Waals surface area contributed by atoms with Crippen LogP contribution in [0.25, 0.3) is 0 Å². The van der Waals surface area contributed by atoms with Gasteiger partial charge in [0.05, 0.1) is 11.7 Å². The van der Waals surface area contributed by atoms with Gasteiger partial charge in [0.25, 0.3) is 11.8 Å². The van der Waals surface area contributed by atoms with E-state index in [9.17, 15) is 19.2 Å². The Kier molecular flexibility index (Phi) is 4.45. The Labute approximate surface area is 154 Å². The van der Waals surface area contributed by atoms with E-state index in [1.165, 1.54) is 26.0 Å². The van der Waals surface area contributed by atoms with Gasteiger partial charge in [0.15, 0.2) is 0 Å². The molecule has 1 aromatic carbocycles. The molecule has 3 rings (SSSR count). The van der Waals surface area contributed by atoms with Crippen LogP contribution in [-0.4, -0.2) is 52.7 Å². The second-order valence-electron chi connectivity index (χ2n) is 6.14. The number of urea groups is 1. The van der Waals surface area contributed by atoms with E-state index in [-0.39, 0.29) is 17.9 Å². The van der Waals surface area contributed by atoms with Crippen LogP contribution in [0.3, 0.4) is 0 Å². The molecule has 2 aliphatic rings. The summed E-state index contributed by atoms with van der Waals surface area (Å²) in [5.74, 6) is -1.66. The van der Waals surface area contributed by atoms with E-state index in [1.807, 2.05) is 0 Å². The largest absolute Gasteiger partial charge is 0.333 e. The predicted octanol–water partition coefficient (Wildman–Crippen LogP) is 1.44. The number of carbonyl (C=O) groups excluding carboxylic acids is 4. The van der Waals surface area contributed by atoms with Crippen molar-refractivity contribution in [2.75, 3.05) is 14.1 Å². The number of amides is 5. The number of halogens is 1. The number of carbonyl (C=O) groups is 4. The molecule has 1 atom stereocenters. The number of hydrogen-bond acceptors (Lipinski definition) is 5. The molecular formula is C17H17ClN4O4. The monoisotopic (exact) mass is 376 g/mol. The Morgan fingerprint density at radius 1 is 1.08 bits per heavy atom. The fourth-order valence-electron chi connectivity index (χ4n) is 3.05. The van der Waals surface area contributed by atoms with E-state index in [0.29, 0.717) is 10.7 Å². The Bertz CT molecular complexity index is 823. The van der Waals surface area contributed by atoms with Crippen LogP contribution in [0.5, 0.6) is 0 Å². The van der Waals surface area contributed by atoms with Gasteiger partial charge in [-0.15, -0.1) is 0 Å². The van der Waals surface area contributed by atoms with Gasteiger partial charge in [-0.3, -0.25) is 29.6 Å². The van der Waals surface area contributed by atoms with Crippen LogP contribution < -0.4 is 5.43 Å². The zero-order valence-electron chi connectivity index (χ0n) is 14.4. The topological polar surface area (TPSA) is 90.0 Å². The van der Waals surface area contributed by atoms with E-state index < -0.39 is 23.9 Å². The Morgan fingerprint density at radius 2 is 1.62 bits per heavy atom. The molecule has 9 heteroatoms. The summed E-state index contributed by atoms with van der Waals surface area (Å²) in [4.78, 5) is 50.6. The Balaban J connectivity index is 2.03. The molecule has 1 unspecified atom stereocenters. The van der Waals surface area contributed by atoms with Gasteiger partial charge < -0.3 is 0 Å². The normalized spacial score (nSPS) is 20.8. The molecule has 5 amide bonds. The molecule has 2 fully saturated rings. The van der Waals surface area contributed by atoms with Crippen LogP contribution in [-0.2, 0) is 14.4 Å². The third kappa shape index (κ3) is 2.82. The highest BCUT2D eigenvalue weighted by molar-refractivity contribution is 6.30. The first-order chi connectivity index (χ1) is 12.2. The first kappa shape index (κ1) is 17.9. The average Bonchev–Trinajstić information content (AvgIpc) is 3.04. The molecule has 0 spiro atoms. The number of benzene rings is 1. The molecule has 0 radical (unpaired) electrons. The summed E-state index contributed by atoms with van der Waals surface area (Å²) in [6.07, 6.45) is 0.240. The summed E-state index contributed by atoms with van der Waals surface area (Å²) in [6.45, 7) is 1.38. The highest BCUT2D eigenvalue weighted by atomic mass is 35.5. The molecule has 0 aromatic heterocycles. The first-order valence-corrected chi connectivity index (χ1v) is 8.25. The van der Waals surface area contributed by atoms with Gasteiger partial charge in [-0.1, -0.05) is 23.7 Å². The van der Waals surface area contributed by atoms with Crippen molar-refractivity contribution >= 4 is 35.4 Å². The number of rotatable bonds is 1. The average molecular weight is 377 g/mol. The maximum Gasteiger partial charge on any atom is 0.333 e. The van der Waals surface area contributed by atoms with Crippen molar-refractivity contribution in [1.29, 1.82) is 0 Å². The van der Waals surface area contributed by atoms with E-state index in [1.54, 1.807) is 24.3 Å². The number of hydrazine groups is 1. The summed E-state index contributed by atoms with van der Waals surface area (Å²) >= 11 is 5.91. The van der Waals surface area contributed by atoms with Gasteiger partial charge >= 0.3 is 6.03 Å². The molecule has 2 aliphatic heterocycles. The van der Waals surface area contributed by atoms with Crippen molar-refractivity contribution < 1.29 is 19.2 Å². The number of barbiturate groups is 1. The van der Waals surface area contributed by atoms with E-state index in [0.717, 1.165) is 15.4 Å². The summed E-state index contributed by atoms with van der Waals surface area (Å²) in [5, 5.41) is 1.93. The minimum atomic E-state index is -0.694. The summed E-state index contributed by atoms with van der Waals surface area (Å²) in [7, 11) is 2.62. The molecule has 1 aromatic rings. The third-order valence-electron chi connectivity index (χ3n) is 4.47. The molecular weight excluding hydrogens is 360 g/mol. The fourth-order valence-corrected chi connectivity index (χ4v) is 3.17. The van der Waals surface area contributed by atoms with Crippen molar-refractivity contribution in [1.82, 2.24) is 20.2 Å². The lowest BCUT2D eigenvalue weighted by atomic mass is 10.00. The molecule has 0 aliphatic carbocycles. The van der Waals surface area contributed by atoms with Crippen molar-refractivity contribution in [3.05, 3.63) is 46.1 Å². The molecule has 2 heterocycles. The molecule has 1 N–H and O–H groups in total. The zero-order valence-corrected chi connectivity index (χ0v) is 15.2. The lowest BCUT2D eigenvalue weighted by molar-refractivity contribution is -0.135. The smallest absolute Gasteiger partial charge is 0.298 e. The van der Waals surface area contributed by atoms with Crippen molar-refractivity contribution in [2.24, 2.45) is 0 Å². The maximum absolute atomic E-state index is 12.5. The standard InChI is InChI=1S/C17H17ClN4O4/c1-9(23)22-13(10-4-6-11(18)7-5-10)8-12(19-22)14-15(24)20(2)17(26)21(3)16(14)25/h4-7,13,19H,8H2,1-3H3. The maximum atomic E-state index is 12.5. The van der Waals surface area contributed by atoms with Crippen LogP contribution in [0.1, 0.15) is 24.9 Å². The number of nitrogens with zero attached hydrogens (tertiary/aromatic N) is 3. The number of likely N-dealkylation sites (N-methyl/N-ethyl adjacent to an activating group) is 2. The Hall–Kier alpha value is -2.87. The third-order valence-corrected chi connectivity index (χ3v) is 4.72. The van der Waals surface area contributed by atoms with Gasteiger partial charge in [-0.25, -0.2) is 9.80 Å². The lowest BCUT2D eigenvalue weighted by Gasteiger charge is -2.29. The molecule has 136 valence electrons. The van der Waals surface area contributed by atoms with Crippen LogP contribution >= 0.6 is 11.6 Å². The zero-order chi connectivity index (χ0) is 19.2. The molecule has 8 nitrogen and oxygen atoms in total. The first-order valence-electron chi connectivity index (χ1n) is 7.87. The molecule has 0 bridgehead atoms. The van der Waals surface area contributed by atoms with Gasteiger partial charge in [-0.05, 0) is 17.7 Å². The second kappa shape index (κ2) is 6.45. The van der Waals surface area contributed by atoms with Crippen LogP contribution in [0.2, 0.25) is 5.02 Å². The minimum absolute atomic E-state index is 0.141. The van der Waals surface area contributed by atoms with Crippen LogP contribution in [0.4, 0.5) is 4.79 Å². The summed E-state index contributed by atoms with van der Waals surface area (Å²) in [5.41, 5.74) is 3.84. The fraction of sp³-hybridized carbons (Fsp3) is 0.294. The Morgan fingerprint density at radius 3 is 2.12 bits per heavy atom. The second-order valence-corrected chi connectivity index (χ2v) is 6.57. The van der Waals surface area contributed by atoms with Crippen molar-refractivity contribution in [3.63, 3.8) is 0 Å². The number of hydrogen-bond donors (Lipinski definition) is 1. The van der Waals surface area contributed by atoms with Gasteiger partial charge in [0.2, 0.25) is 5.91 Å². The number of imide groups is 2. The van der Waals surface area contributed by atoms with Crippen molar-refractivity contribution in [2.45, 2.75) is 19.4 Å². The minimum Gasteiger partial charge on any atom is -0.298 e. The van der Waals surface area contributed by atoms with E-state index >= 15 is 0 Å². The molecule has 0 saturated carbocycles. The summed E-state index contributed by atoms with van der Waals surface area (Å²) < 4.78 is 0. The SMILES string of the molecule is CC(=O)N1NC(=C2C(=O)N(C)C(=O)N(C)C2=O)CC1c1ccc(Cl)cc1. The summed E-state index contributed by atoms with van der Waals surface area (Å²) in [6, 6.07) is 5.88. The quantitative estimate of drug-likeness (QED) is 0.591. The predicted molar refractivity (Wildman–Crippen MR) is 92.4 cm³/mol. The molecule has 2 saturated heterocycles. The van der Waals surface area contributed by atoms with Crippen LogP contribution in [0, 0.1) is 0 Å². The van der Waals surface area contributed by atoms with Gasteiger partial charge in [-0.2, -0.15) is 0 Å². The van der Waals surface area contributed by atoms with Gasteiger partial charge in [0.1, 0.15) is 5.57 Å². The highest BCUT2D eigenvalue weighted by Gasteiger charge is 2.43. The molecule has 26 heavy (non-hydrogen) atoms.